The molecule has 4 fully saturated rings. The Morgan fingerprint density at radius 3 is 2.08 bits per heavy atom. The minimum atomic E-state index is -0.974. The lowest BCUT2D eigenvalue weighted by molar-refractivity contribution is -0.135. The van der Waals surface area contributed by atoms with Gasteiger partial charge >= 0.3 is 5.97 Å². The molecule has 3 saturated carbocycles. The Bertz CT molecular complexity index is 1290. The first-order valence-corrected chi connectivity index (χ1v) is 18.8. The third-order valence-corrected chi connectivity index (χ3v) is 14.9. The van der Waals surface area contributed by atoms with Gasteiger partial charge in [0.1, 0.15) is 0 Å². The zero-order valence-corrected chi connectivity index (χ0v) is 32.0. The fourth-order valence-electron chi connectivity index (χ4n) is 10.8. The number of rotatable bonds is 3. The van der Waals surface area contributed by atoms with E-state index in [4.69, 9.17) is 11.6 Å². The van der Waals surface area contributed by atoms with Crippen molar-refractivity contribution >= 4 is 34.9 Å². The quantitative estimate of drug-likeness (QED) is 0.244. The van der Waals surface area contributed by atoms with E-state index in [1.54, 1.807) is 6.07 Å². The van der Waals surface area contributed by atoms with Crippen LogP contribution in [0.5, 0.6) is 0 Å². The summed E-state index contributed by atoms with van der Waals surface area (Å²) in [5, 5.41) is 21.7. The molecule has 5 heteroatoms. The van der Waals surface area contributed by atoms with Gasteiger partial charge in [-0.3, -0.25) is 0 Å². The van der Waals surface area contributed by atoms with Gasteiger partial charge in [-0.2, -0.15) is 11.8 Å². The number of allylic oxidation sites excluding steroid dienone is 2. The summed E-state index contributed by atoms with van der Waals surface area (Å²) in [6.45, 7) is 20.5. The van der Waals surface area contributed by atoms with Crippen LogP contribution in [0.3, 0.4) is 0 Å². The number of aromatic carboxylic acids is 1. The van der Waals surface area contributed by atoms with Crippen molar-refractivity contribution in [2.24, 2.45) is 39.4 Å². The van der Waals surface area contributed by atoms with E-state index in [9.17, 15) is 15.0 Å². The van der Waals surface area contributed by atoms with Crippen LogP contribution in [0.1, 0.15) is 122 Å². The number of carboxylic acid groups (broad SMARTS) is 1. The second-order valence-corrected chi connectivity index (χ2v) is 16.4. The number of carbonyl (C=O) groups is 1. The SMILES string of the molecule is C#C.C#C.C#C.C=C.CC.CC1(C)C(c2ccc(C(=O)O)c(Cl)c2)=CC[C@@]2(C)C1CC[C@@]1(C)C3CC[C@@]4(CO)CCCC4S[C@@H]3CCC12. The molecule has 3 nitrogen and oxygen atoms in total. The highest BCUT2D eigenvalue weighted by Crippen LogP contribution is 2.71. The topological polar surface area (TPSA) is 57.5 Å². The fraction of sp³-hybridized carbons (Fsp3) is 0.605. The van der Waals surface area contributed by atoms with Crippen molar-refractivity contribution in [3.05, 3.63) is 53.6 Å². The van der Waals surface area contributed by atoms with Crippen molar-refractivity contribution in [3.63, 3.8) is 0 Å². The van der Waals surface area contributed by atoms with E-state index in [0.717, 1.165) is 23.2 Å². The summed E-state index contributed by atoms with van der Waals surface area (Å²) in [5.41, 5.74) is 3.38. The molecule has 1 aromatic carbocycles. The molecule has 0 radical (unpaired) electrons. The van der Waals surface area contributed by atoms with Gasteiger partial charge in [-0.05, 0) is 115 Å². The van der Waals surface area contributed by atoms with E-state index in [1.165, 1.54) is 63.4 Å². The van der Waals surface area contributed by atoms with Gasteiger partial charge in [-0.15, -0.1) is 51.7 Å². The van der Waals surface area contributed by atoms with Crippen LogP contribution in [0.25, 0.3) is 5.57 Å². The summed E-state index contributed by atoms with van der Waals surface area (Å²) in [5.74, 6) is 1.09. The van der Waals surface area contributed by atoms with Gasteiger partial charge < -0.3 is 10.2 Å². The predicted octanol–water partition coefficient (Wildman–Crippen LogP) is 11.3. The van der Waals surface area contributed by atoms with Crippen LogP contribution in [-0.2, 0) is 0 Å². The molecule has 4 unspecified atom stereocenters. The summed E-state index contributed by atoms with van der Waals surface area (Å²) in [4.78, 5) is 11.5. The minimum Gasteiger partial charge on any atom is -0.478 e. The number of hydrogen-bond donors (Lipinski definition) is 2. The maximum absolute atomic E-state index is 11.5. The number of hydrogen-bond acceptors (Lipinski definition) is 3. The molecular weight excluding hydrogens is 632 g/mol. The number of carboxylic acids is 1. The Morgan fingerprint density at radius 1 is 0.896 bits per heavy atom. The van der Waals surface area contributed by atoms with Gasteiger partial charge in [-0.1, -0.05) is 71.7 Å². The third kappa shape index (κ3) is 7.61. The highest BCUT2D eigenvalue weighted by Gasteiger charge is 2.63. The van der Waals surface area contributed by atoms with Gasteiger partial charge in [0.2, 0.25) is 0 Å². The average Bonchev–Trinajstić information content (AvgIpc) is 3.42. The van der Waals surface area contributed by atoms with Gasteiger partial charge in [0.05, 0.1) is 10.6 Å². The number of halogens is 1. The molecule has 4 aliphatic carbocycles. The summed E-state index contributed by atoms with van der Waals surface area (Å²) < 4.78 is 0. The van der Waals surface area contributed by atoms with Crippen molar-refractivity contribution in [3.8, 4) is 38.5 Å². The van der Waals surface area contributed by atoms with Gasteiger partial charge in [-0.25, -0.2) is 4.79 Å². The third-order valence-electron chi connectivity index (χ3n) is 12.6. The van der Waals surface area contributed by atoms with Crippen LogP contribution in [0.2, 0.25) is 5.02 Å². The van der Waals surface area contributed by atoms with E-state index in [-0.39, 0.29) is 21.8 Å². The van der Waals surface area contributed by atoms with E-state index >= 15 is 0 Å². The Labute approximate surface area is 303 Å². The lowest BCUT2D eigenvalue weighted by Crippen LogP contribution is -2.59. The molecule has 6 rings (SSSR count). The first-order valence-electron chi connectivity index (χ1n) is 17.5. The normalized spacial score (nSPS) is 34.9. The molecule has 1 heterocycles. The number of thioether (sulfide) groups is 1. The Hall–Kier alpha value is -2.55. The number of benzene rings is 1. The van der Waals surface area contributed by atoms with E-state index < -0.39 is 5.97 Å². The maximum Gasteiger partial charge on any atom is 0.337 e. The first kappa shape index (κ1) is 43.5. The summed E-state index contributed by atoms with van der Waals surface area (Å²) in [6.07, 6.45) is 39.1. The summed E-state index contributed by atoms with van der Waals surface area (Å²) in [6, 6.07) is 5.50. The molecule has 48 heavy (non-hydrogen) atoms. The van der Waals surface area contributed by atoms with E-state index in [2.05, 4.69) is 97.2 Å². The Morgan fingerprint density at radius 2 is 1.52 bits per heavy atom. The highest BCUT2D eigenvalue weighted by atomic mass is 35.5. The lowest BCUT2D eigenvalue weighted by Gasteiger charge is -2.66. The maximum atomic E-state index is 11.5. The minimum absolute atomic E-state index is 0.00454. The molecule has 0 bridgehead atoms. The highest BCUT2D eigenvalue weighted by molar-refractivity contribution is 8.00. The lowest BCUT2D eigenvalue weighted by atomic mass is 9.39. The molecule has 264 valence electrons. The molecule has 1 aromatic rings. The Kier molecular flexibility index (Phi) is 16.7. The van der Waals surface area contributed by atoms with E-state index in [1.807, 2.05) is 26.0 Å². The molecule has 8 atom stereocenters. The smallest absolute Gasteiger partial charge is 0.337 e. The summed E-state index contributed by atoms with van der Waals surface area (Å²) >= 11 is 8.71. The standard InChI is InChI=1S/C33H45ClO3S.C2H6.C2H4.3C2H2/c1-30(2)22(20-7-8-21(29(36)37)24(34)18-20)11-15-32(4)26(30)13-16-31(3)23-12-17-33(19-35)14-5-6-28(33)38-25(23)9-10-27(31)32;5*1-2/h7-8,11,18,23,25-28,35H,5-6,9-10,12-17,19H2,1-4H3,(H,36,37);1-2H3;1-2H2;3*1-2H/t23?,25-,26?,27?,28?,31+,32+,33-;;;;;/m1...../s1. The van der Waals surface area contributed by atoms with Crippen LogP contribution in [0.15, 0.2) is 37.4 Å². The first-order chi connectivity index (χ1) is 23.0. The second kappa shape index (κ2) is 18.4. The zero-order chi connectivity index (χ0) is 37.1. The average molecular weight is 693 g/mol. The summed E-state index contributed by atoms with van der Waals surface area (Å²) in [7, 11) is 0. The van der Waals surface area contributed by atoms with Gasteiger partial charge in [0, 0.05) is 22.5 Å². The number of aliphatic hydroxyl groups is 1. The van der Waals surface area contributed by atoms with Crippen molar-refractivity contribution in [1.29, 1.82) is 0 Å². The molecule has 1 saturated heterocycles. The second-order valence-electron chi connectivity index (χ2n) is 14.5. The molecule has 0 spiro atoms. The van der Waals surface area contributed by atoms with Crippen LogP contribution >= 0.6 is 23.4 Å². The monoisotopic (exact) mass is 692 g/mol. The molecular formula is C43H61ClO3S. The van der Waals surface area contributed by atoms with Crippen molar-refractivity contribution < 1.29 is 15.0 Å². The number of fused-ring (bicyclic) bond motifs is 6. The molecule has 5 aliphatic rings. The van der Waals surface area contributed by atoms with Gasteiger partial charge in [0.25, 0.3) is 0 Å². The van der Waals surface area contributed by atoms with Crippen molar-refractivity contribution in [2.75, 3.05) is 6.61 Å². The van der Waals surface area contributed by atoms with E-state index in [0.29, 0.717) is 34.1 Å². The fourth-order valence-corrected chi connectivity index (χ4v) is 13.3. The van der Waals surface area contributed by atoms with Crippen molar-refractivity contribution in [1.82, 2.24) is 0 Å². The predicted molar refractivity (Wildman–Crippen MR) is 210 cm³/mol. The van der Waals surface area contributed by atoms with Gasteiger partial charge in [0.15, 0.2) is 0 Å². The van der Waals surface area contributed by atoms with Crippen molar-refractivity contribution in [2.45, 2.75) is 116 Å². The zero-order valence-electron chi connectivity index (χ0n) is 30.4. The number of terminal acetylenes is 3. The van der Waals surface area contributed by atoms with Crippen LogP contribution in [0, 0.1) is 78.0 Å². The number of aliphatic hydroxyl groups excluding tert-OH is 1. The Balaban J connectivity index is 0.00000106. The molecule has 0 aromatic heterocycles. The molecule has 2 N–H and O–H groups in total. The van der Waals surface area contributed by atoms with Crippen LogP contribution < -0.4 is 0 Å². The van der Waals surface area contributed by atoms with Crippen LogP contribution in [0.4, 0.5) is 0 Å². The largest absolute Gasteiger partial charge is 0.478 e. The molecule has 0 amide bonds. The van der Waals surface area contributed by atoms with Crippen LogP contribution in [-0.4, -0.2) is 33.3 Å². The molecule has 1 aliphatic heterocycles.